The fraction of sp³-hybridized carbons (Fsp3) is 0.708. The molecule has 0 saturated carbocycles. The van der Waals surface area contributed by atoms with Gasteiger partial charge in [-0.3, -0.25) is 4.79 Å². The molecular formula is C24H40Cl2N2O3. The second-order valence-corrected chi connectivity index (χ2v) is 9.13. The van der Waals surface area contributed by atoms with Crippen LogP contribution in [0.25, 0.3) is 0 Å². The standard InChI is InChI=1S/C17H34N2O3.C7H6Cl2/c1-4-10-18(11-5-2)12-6-8-17(21)9-13-19(15-17)16(20)7-14-22-3;1-5-3-2-4-6(8)7(5)9/h21H,4-15H2,1-3H3;2-4H,1H3. The molecule has 1 N–H and O–H groups in total. The molecule has 1 aliphatic rings. The quantitative estimate of drug-likeness (QED) is 0.479. The number of methoxy groups -OCH3 is 1. The first kappa shape index (κ1) is 28.2. The Bertz CT molecular complexity index is 633. The molecule has 31 heavy (non-hydrogen) atoms. The minimum Gasteiger partial charge on any atom is -0.388 e. The number of carbonyl (C=O) groups is 1. The number of rotatable bonds is 11. The molecule has 1 amide bonds. The first-order valence-corrected chi connectivity index (χ1v) is 12.1. The van der Waals surface area contributed by atoms with Crippen LogP contribution in [0.5, 0.6) is 0 Å². The Kier molecular flexibility index (Phi) is 13.7. The van der Waals surface area contributed by atoms with Gasteiger partial charge in [-0.2, -0.15) is 0 Å². The third-order valence-electron chi connectivity index (χ3n) is 5.55. The lowest BCUT2D eigenvalue weighted by Crippen LogP contribution is -2.37. The molecule has 0 aromatic heterocycles. The molecule has 2 rings (SSSR count). The van der Waals surface area contributed by atoms with Crippen LogP contribution in [0, 0.1) is 6.92 Å². The van der Waals surface area contributed by atoms with E-state index in [-0.39, 0.29) is 5.91 Å². The van der Waals surface area contributed by atoms with E-state index in [1.807, 2.05) is 19.1 Å². The minimum atomic E-state index is -0.688. The van der Waals surface area contributed by atoms with Crippen molar-refractivity contribution in [2.45, 2.75) is 64.9 Å². The monoisotopic (exact) mass is 474 g/mol. The average Bonchev–Trinajstić information content (AvgIpc) is 3.13. The summed E-state index contributed by atoms with van der Waals surface area (Å²) in [5.74, 6) is 0.0939. The Morgan fingerprint density at radius 3 is 2.45 bits per heavy atom. The van der Waals surface area contributed by atoms with E-state index in [4.69, 9.17) is 27.9 Å². The number of benzene rings is 1. The summed E-state index contributed by atoms with van der Waals surface area (Å²) in [7, 11) is 1.60. The molecule has 0 bridgehead atoms. The zero-order chi connectivity index (χ0) is 23.3. The molecule has 0 spiro atoms. The van der Waals surface area contributed by atoms with E-state index in [1.165, 1.54) is 12.8 Å². The maximum absolute atomic E-state index is 12.0. The van der Waals surface area contributed by atoms with E-state index in [0.29, 0.717) is 42.6 Å². The van der Waals surface area contributed by atoms with E-state index < -0.39 is 5.60 Å². The second kappa shape index (κ2) is 15.1. The van der Waals surface area contributed by atoms with Crippen LogP contribution in [0.4, 0.5) is 0 Å². The lowest BCUT2D eigenvalue weighted by molar-refractivity contribution is -0.132. The Balaban J connectivity index is 0.000000442. The number of carbonyl (C=O) groups excluding carboxylic acids is 1. The number of β-amino-alcohol motifs (C(OH)–C–C–N with tert-alkyl or cyclic N) is 1. The van der Waals surface area contributed by atoms with E-state index >= 15 is 0 Å². The average molecular weight is 476 g/mol. The van der Waals surface area contributed by atoms with Gasteiger partial charge < -0.3 is 19.6 Å². The maximum Gasteiger partial charge on any atom is 0.224 e. The number of hydrogen-bond donors (Lipinski definition) is 1. The van der Waals surface area contributed by atoms with Gasteiger partial charge in [0.25, 0.3) is 0 Å². The number of hydrogen-bond acceptors (Lipinski definition) is 4. The molecule has 1 saturated heterocycles. The molecule has 1 aromatic carbocycles. The number of ether oxygens (including phenoxy) is 1. The van der Waals surface area contributed by atoms with Crippen LogP contribution in [0.3, 0.4) is 0 Å². The highest BCUT2D eigenvalue weighted by molar-refractivity contribution is 6.42. The first-order chi connectivity index (χ1) is 14.8. The summed E-state index contributed by atoms with van der Waals surface area (Å²) < 4.78 is 4.95. The summed E-state index contributed by atoms with van der Waals surface area (Å²) in [4.78, 5) is 16.2. The van der Waals surface area contributed by atoms with Crippen molar-refractivity contribution in [1.82, 2.24) is 9.80 Å². The lowest BCUT2D eigenvalue weighted by atomic mass is 9.96. The Hall–Kier alpha value is -0.850. The van der Waals surface area contributed by atoms with Crippen LogP contribution < -0.4 is 0 Å². The largest absolute Gasteiger partial charge is 0.388 e. The van der Waals surface area contributed by atoms with E-state index in [0.717, 1.165) is 38.0 Å². The number of nitrogens with zero attached hydrogens (tertiary/aromatic N) is 2. The van der Waals surface area contributed by atoms with Crippen LogP contribution in [-0.4, -0.2) is 72.9 Å². The topological polar surface area (TPSA) is 53.0 Å². The van der Waals surface area contributed by atoms with Crippen molar-refractivity contribution in [1.29, 1.82) is 0 Å². The molecule has 1 unspecified atom stereocenters. The maximum atomic E-state index is 12.0. The molecule has 7 heteroatoms. The fourth-order valence-electron chi connectivity index (χ4n) is 3.83. The number of likely N-dealkylation sites (tertiary alicyclic amines) is 1. The first-order valence-electron chi connectivity index (χ1n) is 11.4. The second-order valence-electron chi connectivity index (χ2n) is 8.35. The van der Waals surface area contributed by atoms with Gasteiger partial charge in [0.05, 0.1) is 28.7 Å². The van der Waals surface area contributed by atoms with Gasteiger partial charge >= 0.3 is 0 Å². The molecule has 1 atom stereocenters. The third-order valence-corrected chi connectivity index (χ3v) is 6.46. The molecule has 1 fully saturated rings. The summed E-state index contributed by atoms with van der Waals surface area (Å²) in [6.45, 7) is 11.3. The van der Waals surface area contributed by atoms with Crippen molar-refractivity contribution in [3.63, 3.8) is 0 Å². The number of amides is 1. The van der Waals surface area contributed by atoms with Crippen molar-refractivity contribution < 1.29 is 14.6 Å². The van der Waals surface area contributed by atoms with E-state index in [2.05, 4.69) is 18.7 Å². The number of halogens is 2. The summed E-state index contributed by atoms with van der Waals surface area (Å²) >= 11 is 11.4. The lowest BCUT2D eigenvalue weighted by Gasteiger charge is -2.26. The van der Waals surface area contributed by atoms with Crippen LogP contribution in [-0.2, 0) is 9.53 Å². The molecule has 0 radical (unpaired) electrons. The number of aryl methyl sites for hydroxylation is 1. The fourth-order valence-corrected chi connectivity index (χ4v) is 4.18. The van der Waals surface area contributed by atoms with Crippen LogP contribution >= 0.6 is 23.2 Å². The predicted octanol–water partition coefficient (Wildman–Crippen LogP) is 5.19. The van der Waals surface area contributed by atoms with Crippen molar-refractivity contribution in [2.24, 2.45) is 0 Å². The van der Waals surface area contributed by atoms with Crippen molar-refractivity contribution >= 4 is 29.1 Å². The summed E-state index contributed by atoms with van der Waals surface area (Å²) in [6, 6.07) is 5.58. The third kappa shape index (κ3) is 10.5. The SMILES string of the molecule is CCCN(CCC)CCCC1(O)CCN(C(=O)CCOC)C1.Cc1cccc(Cl)c1Cl. The van der Waals surface area contributed by atoms with Gasteiger partial charge in [-0.15, -0.1) is 0 Å². The zero-order valence-electron chi connectivity index (χ0n) is 19.6. The summed E-state index contributed by atoms with van der Waals surface area (Å²) in [5.41, 5.74) is 0.330. The molecule has 5 nitrogen and oxygen atoms in total. The number of aliphatic hydroxyl groups is 1. The molecule has 1 heterocycles. The van der Waals surface area contributed by atoms with Gasteiger partial charge in [0, 0.05) is 20.2 Å². The van der Waals surface area contributed by atoms with Crippen molar-refractivity contribution in [2.75, 3.05) is 46.4 Å². The van der Waals surface area contributed by atoms with Crippen LogP contribution in [0.15, 0.2) is 18.2 Å². The van der Waals surface area contributed by atoms with Crippen LogP contribution in [0.2, 0.25) is 10.0 Å². The molecular weight excluding hydrogens is 435 g/mol. The minimum absolute atomic E-state index is 0.0939. The van der Waals surface area contributed by atoms with Crippen molar-refractivity contribution in [3.8, 4) is 0 Å². The van der Waals surface area contributed by atoms with Gasteiger partial charge in [0.15, 0.2) is 0 Å². The molecule has 1 aromatic rings. The highest BCUT2D eigenvalue weighted by Gasteiger charge is 2.37. The summed E-state index contributed by atoms with van der Waals surface area (Å²) in [5, 5.41) is 11.9. The van der Waals surface area contributed by atoms with Gasteiger partial charge in [0.2, 0.25) is 5.91 Å². The van der Waals surface area contributed by atoms with Crippen LogP contribution in [0.1, 0.15) is 57.9 Å². The predicted molar refractivity (Wildman–Crippen MR) is 130 cm³/mol. The summed E-state index contributed by atoms with van der Waals surface area (Å²) in [6.07, 6.45) is 5.24. The van der Waals surface area contributed by atoms with Gasteiger partial charge in [-0.25, -0.2) is 0 Å². The Labute approximate surface area is 198 Å². The van der Waals surface area contributed by atoms with Gasteiger partial charge in [0.1, 0.15) is 0 Å². The zero-order valence-corrected chi connectivity index (χ0v) is 21.1. The Morgan fingerprint density at radius 2 is 1.90 bits per heavy atom. The highest BCUT2D eigenvalue weighted by atomic mass is 35.5. The molecule has 1 aliphatic heterocycles. The Morgan fingerprint density at radius 1 is 1.23 bits per heavy atom. The highest BCUT2D eigenvalue weighted by Crippen LogP contribution is 2.27. The van der Waals surface area contributed by atoms with E-state index in [9.17, 15) is 9.90 Å². The van der Waals surface area contributed by atoms with E-state index in [1.54, 1.807) is 18.1 Å². The smallest absolute Gasteiger partial charge is 0.224 e. The molecule has 178 valence electrons. The van der Waals surface area contributed by atoms with Crippen molar-refractivity contribution in [3.05, 3.63) is 33.8 Å². The molecule has 0 aliphatic carbocycles. The normalized spacial score (nSPS) is 18.3. The van der Waals surface area contributed by atoms with Gasteiger partial charge in [-0.1, -0.05) is 49.2 Å². The van der Waals surface area contributed by atoms with Gasteiger partial charge in [-0.05, 0) is 70.3 Å².